The van der Waals surface area contributed by atoms with Gasteiger partial charge in [-0.15, -0.1) is 5.10 Å². The van der Waals surface area contributed by atoms with Crippen LogP contribution in [0.15, 0.2) is 47.3 Å². The molecule has 1 aromatic carbocycles. The number of amides is 2. The van der Waals surface area contributed by atoms with Gasteiger partial charge in [-0.05, 0) is 25.1 Å². The smallest absolute Gasteiger partial charge is 0.387 e. The average molecular weight is 391 g/mol. The van der Waals surface area contributed by atoms with Crippen molar-refractivity contribution in [1.29, 1.82) is 0 Å². The monoisotopic (exact) mass is 391 g/mol. The molecule has 0 fully saturated rings. The Balaban J connectivity index is 1.66. The van der Waals surface area contributed by atoms with Gasteiger partial charge in [0, 0.05) is 0 Å². The number of para-hydroxylation sites is 1. The van der Waals surface area contributed by atoms with Crippen LogP contribution in [0.25, 0.3) is 11.4 Å². The number of anilines is 1. The van der Waals surface area contributed by atoms with Crippen molar-refractivity contribution >= 4 is 17.8 Å². The number of ether oxygens (including phenoxy) is 1. The Morgan fingerprint density at radius 1 is 1.25 bits per heavy atom. The predicted octanol–water partition coefficient (Wildman–Crippen LogP) is 2.42. The summed E-state index contributed by atoms with van der Waals surface area (Å²) in [6.45, 7) is -1.52. The van der Waals surface area contributed by atoms with Crippen molar-refractivity contribution in [2.45, 2.75) is 19.6 Å². The summed E-state index contributed by atoms with van der Waals surface area (Å²) in [4.78, 5) is 28.2. The Morgan fingerprint density at radius 2 is 2.04 bits per heavy atom. The Bertz CT molecular complexity index is 958. The van der Waals surface area contributed by atoms with Crippen molar-refractivity contribution in [3.8, 4) is 17.1 Å². The Kier molecular flexibility index (Phi) is 5.63. The van der Waals surface area contributed by atoms with Crippen LogP contribution in [-0.4, -0.2) is 39.6 Å². The third kappa shape index (κ3) is 4.50. The van der Waals surface area contributed by atoms with Gasteiger partial charge in [-0.1, -0.05) is 12.1 Å². The summed E-state index contributed by atoms with van der Waals surface area (Å²) in [5.74, 6) is -1.10. The van der Waals surface area contributed by atoms with E-state index in [1.807, 2.05) is 0 Å². The quantitative estimate of drug-likeness (QED) is 0.569. The first-order valence-corrected chi connectivity index (χ1v) is 8.04. The first-order valence-electron chi connectivity index (χ1n) is 8.04. The van der Waals surface area contributed by atoms with E-state index in [-0.39, 0.29) is 28.6 Å². The largest absolute Gasteiger partial charge is 0.472 e. The molecule has 1 atom stereocenters. The number of hydrogen-bond donors (Lipinski definition) is 3. The molecule has 0 unspecified atom stereocenters. The molecule has 0 aliphatic rings. The summed E-state index contributed by atoms with van der Waals surface area (Å²) in [6.07, 6.45) is 2.59. The van der Waals surface area contributed by atoms with Crippen LogP contribution in [0.3, 0.4) is 0 Å². The normalized spacial score (nSPS) is 11.9. The lowest BCUT2D eigenvalue weighted by molar-refractivity contribution is -0.117. The van der Waals surface area contributed by atoms with Crippen molar-refractivity contribution in [2.75, 3.05) is 5.32 Å². The highest BCUT2D eigenvalue weighted by Gasteiger charge is 2.20. The van der Waals surface area contributed by atoms with Gasteiger partial charge >= 0.3 is 6.61 Å². The Labute approximate surface area is 157 Å². The average Bonchev–Trinajstić information content (AvgIpc) is 3.33. The van der Waals surface area contributed by atoms with Gasteiger partial charge in [0.15, 0.2) is 5.82 Å². The fourth-order valence-electron chi connectivity index (χ4n) is 2.26. The zero-order chi connectivity index (χ0) is 20.1. The van der Waals surface area contributed by atoms with E-state index < -0.39 is 24.5 Å². The van der Waals surface area contributed by atoms with Crippen LogP contribution < -0.4 is 15.4 Å². The number of hydrogen-bond acceptors (Lipinski definition) is 6. The van der Waals surface area contributed by atoms with Gasteiger partial charge in [-0.3, -0.25) is 20.0 Å². The maximum atomic E-state index is 12.5. The molecule has 0 bridgehead atoms. The Morgan fingerprint density at radius 3 is 2.75 bits per heavy atom. The minimum absolute atomic E-state index is 0.0868. The molecule has 0 saturated heterocycles. The molecule has 11 heteroatoms. The van der Waals surface area contributed by atoms with Gasteiger partial charge < -0.3 is 14.5 Å². The summed E-state index contributed by atoms with van der Waals surface area (Å²) < 4.78 is 34.3. The molecule has 146 valence electrons. The summed E-state index contributed by atoms with van der Waals surface area (Å²) in [6, 6.07) is 6.58. The lowest BCUT2D eigenvalue weighted by Gasteiger charge is -2.11. The first kappa shape index (κ1) is 19.0. The summed E-state index contributed by atoms with van der Waals surface area (Å²) in [7, 11) is 0. The molecule has 0 radical (unpaired) electrons. The molecule has 0 aliphatic heterocycles. The van der Waals surface area contributed by atoms with Crippen LogP contribution in [-0.2, 0) is 4.79 Å². The Hall–Kier alpha value is -3.76. The fourth-order valence-corrected chi connectivity index (χ4v) is 2.26. The molecule has 9 nitrogen and oxygen atoms in total. The number of nitrogens with one attached hydrogen (secondary N) is 3. The number of carbonyl (C=O) groups is 2. The summed E-state index contributed by atoms with van der Waals surface area (Å²) in [5.41, 5.74) is 0.521. The van der Waals surface area contributed by atoms with Crippen molar-refractivity contribution < 1.29 is 27.5 Å². The third-order valence-corrected chi connectivity index (χ3v) is 3.60. The molecular formula is C17H15F2N5O4. The number of alkyl halides is 2. The predicted molar refractivity (Wildman–Crippen MR) is 92.7 cm³/mol. The van der Waals surface area contributed by atoms with E-state index in [0.717, 1.165) is 0 Å². The van der Waals surface area contributed by atoms with Gasteiger partial charge in [0.05, 0.1) is 17.4 Å². The van der Waals surface area contributed by atoms with Crippen molar-refractivity contribution in [1.82, 2.24) is 20.5 Å². The van der Waals surface area contributed by atoms with Gasteiger partial charge in [-0.2, -0.15) is 13.8 Å². The van der Waals surface area contributed by atoms with Crippen LogP contribution in [0.4, 0.5) is 14.7 Å². The standard InChI is InChI=1S/C17H15F2N5O4/c1-9(20-15(26)10-6-7-27-8-10)14(25)22-17-21-13(23-24-17)11-4-2-3-5-12(11)28-16(18)19/h2-9,16H,1H3,(H,20,26)(H2,21,22,23,24,25)/t9-/m0/s1. The molecular weight excluding hydrogens is 376 g/mol. The lowest BCUT2D eigenvalue weighted by atomic mass is 10.2. The number of aromatic amines is 1. The van der Waals surface area contributed by atoms with E-state index in [2.05, 4.69) is 30.6 Å². The van der Waals surface area contributed by atoms with Crippen LogP contribution in [0.2, 0.25) is 0 Å². The van der Waals surface area contributed by atoms with Crippen molar-refractivity contribution in [2.24, 2.45) is 0 Å². The van der Waals surface area contributed by atoms with E-state index in [4.69, 9.17) is 4.42 Å². The molecule has 0 spiro atoms. The number of rotatable bonds is 7. The fraction of sp³-hybridized carbons (Fsp3) is 0.176. The maximum Gasteiger partial charge on any atom is 0.387 e. The topological polar surface area (TPSA) is 122 Å². The zero-order valence-electron chi connectivity index (χ0n) is 14.5. The minimum Gasteiger partial charge on any atom is -0.472 e. The van der Waals surface area contributed by atoms with E-state index in [1.165, 1.54) is 43.7 Å². The number of benzene rings is 1. The van der Waals surface area contributed by atoms with Crippen molar-refractivity contribution in [3.05, 3.63) is 48.4 Å². The molecule has 28 heavy (non-hydrogen) atoms. The second kappa shape index (κ2) is 8.29. The highest BCUT2D eigenvalue weighted by atomic mass is 19.3. The number of furan rings is 1. The molecule has 3 N–H and O–H groups in total. The zero-order valence-corrected chi connectivity index (χ0v) is 14.5. The molecule has 3 aromatic rings. The van der Waals surface area contributed by atoms with Gasteiger partial charge in [0.25, 0.3) is 5.91 Å². The van der Waals surface area contributed by atoms with E-state index in [1.54, 1.807) is 6.07 Å². The number of aromatic nitrogens is 3. The highest BCUT2D eigenvalue weighted by Crippen LogP contribution is 2.28. The van der Waals surface area contributed by atoms with Crippen LogP contribution in [0.5, 0.6) is 5.75 Å². The lowest BCUT2D eigenvalue weighted by Crippen LogP contribution is -2.41. The number of nitrogens with zero attached hydrogens (tertiary/aromatic N) is 2. The molecule has 0 saturated carbocycles. The van der Waals surface area contributed by atoms with Gasteiger partial charge in [0.1, 0.15) is 18.1 Å². The molecule has 0 aliphatic carbocycles. The molecule has 3 rings (SSSR count). The molecule has 2 heterocycles. The summed E-state index contributed by atoms with van der Waals surface area (Å²) >= 11 is 0. The van der Waals surface area contributed by atoms with E-state index in [0.29, 0.717) is 0 Å². The van der Waals surface area contributed by atoms with Crippen LogP contribution in [0.1, 0.15) is 17.3 Å². The second-order valence-electron chi connectivity index (χ2n) is 5.58. The van der Waals surface area contributed by atoms with E-state index >= 15 is 0 Å². The molecule has 2 amide bonds. The third-order valence-electron chi connectivity index (χ3n) is 3.60. The van der Waals surface area contributed by atoms with Gasteiger partial charge in [-0.25, -0.2) is 0 Å². The SMILES string of the molecule is C[C@H](NC(=O)c1ccoc1)C(=O)Nc1n[nH]c(-c2ccccc2OC(F)F)n1. The van der Waals surface area contributed by atoms with Crippen molar-refractivity contribution in [3.63, 3.8) is 0 Å². The molecule has 2 aromatic heterocycles. The minimum atomic E-state index is -3.00. The summed E-state index contributed by atoms with van der Waals surface area (Å²) in [5, 5.41) is 11.3. The van der Waals surface area contributed by atoms with E-state index in [9.17, 15) is 18.4 Å². The number of carbonyl (C=O) groups excluding carboxylic acids is 2. The van der Waals surface area contributed by atoms with Gasteiger partial charge in [0.2, 0.25) is 11.9 Å². The van der Waals surface area contributed by atoms with Crippen LogP contribution >= 0.6 is 0 Å². The second-order valence-corrected chi connectivity index (χ2v) is 5.58. The highest BCUT2D eigenvalue weighted by molar-refractivity contribution is 6.00. The number of H-pyrrole nitrogens is 1. The maximum absolute atomic E-state index is 12.5. The van der Waals surface area contributed by atoms with Crippen LogP contribution in [0, 0.1) is 0 Å². The first-order chi connectivity index (χ1) is 13.4. The number of halogens is 2.